The number of hydrogen-bond donors (Lipinski definition) is 5. The fourth-order valence-corrected chi connectivity index (χ4v) is 16.4. The van der Waals surface area contributed by atoms with Crippen molar-refractivity contribution in [3.63, 3.8) is 0 Å². The van der Waals surface area contributed by atoms with Crippen LogP contribution in [0.3, 0.4) is 0 Å². The van der Waals surface area contributed by atoms with Crippen LogP contribution in [-0.4, -0.2) is 195 Å². The minimum atomic E-state index is -1.57. The fraction of sp³-hybridized carbons (Fsp3) is 0.500. The summed E-state index contributed by atoms with van der Waals surface area (Å²) < 4.78 is 34.8. The molecule has 0 bridgehead atoms. The van der Waals surface area contributed by atoms with Gasteiger partial charge in [-0.25, -0.2) is 53.0 Å². The molecule has 6 aliphatic rings. The van der Waals surface area contributed by atoms with E-state index in [4.69, 9.17) is 119 Å². The Labute approximate surface area is 646 Å². The molecule has 15 rings (SSSR count). The smallest absolute Gasteiger partial charge is 0.444 e. The molecular formula is C70H84BBrCl6N18O9. The quantitative estimate of drug-likeness (QED) is 0.0883. The molecule has 0 aliphatic carbocycles. The number of alkyl carbamates (subject to hydrolysis) is 2. The largest absolute Gasteiger partial charge is 0.490 e. The summed E-state index contributed by atoms with van der Waals surface area (Å²) in [6, 6.07) is 15.6. The van der Waals surface area contributed by atoms with Gasteiger partial charge >= 0.3 is 19.3 Å². The van der Waals surface area contributed by atoms with Crippen molar-refractivity contribution in [2.45, 2.75) is 148 Å². The number of amides is 2. The number of fused-ring (bicyclic) bond motifs is 3. The molecule has 105 heavy (non-hydrogen) atoms. The first kappa shape index (κ1) is 77.9. The number of nitrogens with one attached hydrogen (secondary N) is 2. The van der Waals surface area contributed by atoms with Crippen molar-refractivity contribution in [1.82, 2.24) is 69.4 Å². The highest BCUT2D eigenvalue weighted by molar-refractivity contribution is 9.10. The molecule has 3 aromatic carbocycles. The number of piperidine rings is 3. The van der Waals surface area contributed by atoms with E-state index in [0.717, 1.165) is 129 Å². The summed E-state index contributed by atoms with van der Waals surface area (Å²) in [4.78, 5) is 59.0. The molecule has 3 spiro atoms. The first-order valence-corrected chi connectivity index (χ1v) is 37.7. The van der Waals surface area contributed by atoms with E-state index in [2.05, 4.69) is 83.4 Å². The molecule has 12 heterocycles. The highest BCUT2D eigenvalue weighted by Crippen LogP contribution is 2.47. The molecule has 35 heteroatoms. The zero-order valence-corrected chi connectivity index (χ0v) is 65.6. The van der Waals surface area contributed by atoms with Crippen molar-refractivity contribution < 1.29 is 43.3 Å². The maximum Gasteiger partial charge on any atom is 0.490 e. The van der Waals surface area contributed by atoms with Crippen LogP contribution in [0.1, 0.15) is 101 Å². The van der Waals surface area contributed by atoms with E-state index >= 15 is 0 Å². The highest BCUT2D eigenvalue weighted by atomic mass is 79.9. The standard InChI is InChI=1S/C25H30Cl2N6O3.C20H22Cl2N6O.C19H27BrN6O3.C6H5BCl2O2/c1-15-20(31-23(34)36-24(2,3)4)25(13-35-15)8-10-32(11-9-25)21-22-29-14-30-33(22)18(12-28-21)16-6-5-7-17(26)19(16)27;1-12-17(23)20(10-29-12)5-7-27(8-6-20)18-19-25-11-26-28(19)15(9-24-18)13-3-2-4-14(21)16(13)22;1-12-14(24-17(27)29-18(2,3)4)19(10-28-12)5-7-25(8-6-19)15-16-22-11-23-26(16)13(20)9-21-15;8-5-3-1-2-4(6(5)9)7(10)11/h5-7,12,14-15,20H,8-11,13H2,1-4H3,(H,31,34);2-4,9,11-12,17H,5-8,10,23H2,1H3;9,11-12,14H,5-8,10H2,1-4H3,(H,24,27);1-3,10-11H/t15-,20+;12-,17+;12-,14+;/m000./s1. The number of carbonyl (C=O) groups is 2. The molecule has 6 N–H and O–H groups in total. The Balaban J connectivity index is 0.000000138. The predicted octanol–water partition coefficient (Wildman–Crippen LogP) is 11.9. The van der Waals surface area contributed by atoms with E-state index in [9.17, 15) is 9.59 Å². The van der Waals surface area contributed by atoms with Gasteiger partial charge in [-0.3, -0.25) is 0 Å². The van der Waals surface area contributed by atoms with Gasteiger partial charge in [0, 0.05) is 78.1 Å². The fourth-order valence-electron chi connectivity index (χ4n) is 14.8. The van der Waals surface area contributed by atoms with Crippen LogP contribution in [-0.2, 0) is 23.7 Å². The van der Waals surface area contributed by atoms with Crippen LogP contribution in [0, 0.1) is 16.2 Å². The predicted molar refractivity (Wildman–Crippen MR) is 409 cm³/mol. The Morgan fingerprint density at radius 3 is 1.26 bits per heavy atom. The van der Waals surface area contributed by atoms with Crippen molar-refractivity contribution in [2.75, 3.05) is 73.8 Å². The van der Waals surface area contributed by atoms with Gasteiger partial charge < -0.3 is 64.8 Å². The van der Waals surface area contributed by atoms with Gasteiger partial charge in [0.05, 0.1) is 110 Å². The van der Waals surface area contributed by atoms with Crippen LogP contribution in [0.2, 0.25) is 30.1 Å². The molecule has 6 aliphatic heterocycles. The van der Waals surface area contributed by atoms with E-state index in [-0.39, 0.29) is 69.3 Å². The molecule has 9 aromatic rings. The summed E-state index contributed by atoms with van der Waals surface area (Å²) in [5, 5.41) is 39.1. The maximum absolute atomic E-state index is 12.5. The molecule has 6 saturated heterocycles. The highest BCUT2D eigenvalue weighted by Gasteiger charge is 2.53. The van der Waals surface area contributed by atoms with Gasteiger partial charge in [-0.15, -0.1) is 0 Å². The molecule has 0 radical (unpaired) electrons. The number of aromatic nitrogens is 12. The van der Waals surface area contributed by atoms with Gasteiger partial charge in [0.1, 0.15) is 34.8 Å². The number of carbonyl (C=O) groups excluding carboxylic acids is 2. The molecule has 0 saturated carbocycles. The van der Waals surface area contributed by atoms with Crippen LogP contribution < -0.4 is 36.5 Å². The summed E-state index contributed by atoms with van der Waals surface area (Å²) in [7, 11) is -1.57. The molecule has 0 unspecified atom stereocenters. The number of benzene rings is 3. The van der Waals surface area contributed by atoms with E-state index in [1.807, 2.05) is 79.7 Å². The third kappa shape index (κ3) is 16.7. The Morgan fingerprint density at radius 2 is 0.876 bits per heavy atom. The average molecular weight is 1620 g/mol. The van der Waals surface area contributed by atoms with Crippen molar-refractivity contribution in [3.8, 4) is 22.5 Å². The van der Waals surface area contributed by atoms with E-state index in [0.29, 0.717) is 55.3 Å². The third-order valence-corrected chi connectivity index (χ3v) is 23.4. The lowest BCUT2D eigenvalue weighted by atomic mass is 9.73. The molecule has 6 atom stereocenters. The number of nitrogens with two attached hydrogens (primary N) is 1. The Bertz CT molecular complexity index is 4600. The van der Waals surface area contributed by atoms with Crippen LogP contribution in [0.25, 0.3) is 39.5 Å². The molecule has 6 aromatic heterocycles. The van der Waals surface area contributed by atoms with Crippen molar-refractivity contribution in [2.24, 2.45) is 22.0 Å². The molecule has 2 amide bonds. The normalized spacial score (nSPS) is 21.8. The zero-order valence-electron chi connectivity index (χ0n) is 59.5. The minimum absolute atomic E-state index is 0.0527. The van der Waals surface area contributed by atoms with Crippen LogP contribution >= 0.6 is 85.5 Å². The van der Waals surface area contributed by atoms with Crippen molar-refractivity contribution in [1.29, 1.82) is 0 Å². The van der Waals surface area contributed by atoms with Crippen molar-refractivity contribution in [3.05, 3.63) is 127 Å². The number of ether oxygens (including phenoxy) is 5. The first-order valence-electron chi connectivity index (χ1n) is 34.6. The second kappa shape index (κ2) is 31.9. The summed E-state index contributed by atoms with van der Waals surface area (Å²) in [5.41, 5.74) is 10.4. The summed E-state index contributed by atoms with van der Waals surface area (Å²) in [6.07, 6.45) is 14.4. The second-order valence-electron chi connectivity index (χ2n) is 29.4. The van der Waals surface area contributed by atoms with Crippen LogP contribution in [0.5, 0.6) is 0 Å². The van der Waals surface area contributed by atoms with Gasteiger partial charge in [0.15, 0.2) is 34.4 Å². The number of nitrogens with zero attached hydrogens (tertiary/aromatic N) is 15. The maximum atomic E-state index is 12.5. The summed E-state index contributed by atoms with van der Waals surface area (Å²) in [5.74, 6) is 2.40. The SMILES string of the molecule is C[C@@H]1OCC2(CCN(c3ncc(-c4cccc(Cl)c4Cl)n4ncnc34)CC2)[C@@H]1N.C[C@@H]1OCC2(CCN(c3ncc(-c4cccc(Cl)c4Cl)n4ncnc34)CC2)[C@@H]1NC(=O)OC(C)(C)C.C[C@@H]1OCC2(CCN(c3ncc(Br)n4ncnc34)CC2)[C@@H]1NC(=O)OC(C)(C)C.OB(O)c1cccc(Cl)c1Cl. The van der Waals surface area contributed by atoms with Gasteiger partial charge in [-0.1, -0.05) is 106 Å². The number of rotatable bonds is 8. The van der Waals surface area contributed by atoms with Crippen molar-refractivity contribution >= 4 is 145 Å². The first-order chi connectivity index (χ1) is 49.9. The lowest BCUT2D eigenvalue weighted by molar-refractivity contribution is 0.0425. The number of hydrogen-bond acceptors (Lipinski definition) is 22. The number of anilines is 3. The summed E-state index contributed by atoms with van der Waals surface area (Å²) in [6.45, 7) is 24.1. The lowest BCUT2D eigenvalue weighted by Crippen LogP contribution is -2.55. The van der Waals surface area contributed by atoms with E-state index in [1.165, 1.54) is 25.0 Å². The van der Waals surface area contributed by atoms with E-state index < -0.39 is 24.4 Å². The Hall–Kier alpha value is -6.71. The molecule has 560 valence electrons. The van der Waals surface area contributed by atoms with Crippen LogP contribution in [0.15, 0.2) is 96.8 Å². The second-order valence-corrected chi connectivity index (χ2v) is 32.6. The monoisotopic (exact) mass is 1620 g/mol. The summed E-state index contributed by atoms with van der Waals surface area (Å²) >= 11 is 40.0. The zero-order chi connectivity index (χ0) is 75.1. The average Bonchev–Trinajstić information content (AvgIpc) is 1.71. The third-order valence-electron chi connectivity index (χ3n) is 20.4. The molecule has 6 fully saturated rings. The topological polar surface area (TPSA) is 310 Å². The molecular weight excluding hydrogens is 1540 g/mol. The van der Waals surface area contributed by atoms with Gasteiger partial charge in [0.25, 0.3) is 0 Å². The van der Waals surface area contributed by atoms with Crippen LogP contribution in [0.4, 0.5) is 27.0 Å². The lowest BCUT2D eigenvalue weighted by Gasteiger charge is -2.43. The van der Waals surface area contributed by atoms with E-state index in [1.54, 1.807) is 56.4 Å². The van der Waals surface area contributed by atoms with Gasteiger partial charge in [-0.2, -0.15) is 15.3 Å². The Kier molecular flexibility index (Phi) is 23.6. The van der Waals surface area contributed by atoms with Gasteiger partial charge in [-0.05, 0) is 135 Å². The van der Waals surface area contributed by atoms with Gasteiger partial charge in [0.2, 0.25) is 0 Å². The number of halogens is 7. The molecule has 27 nitrogen and oxygen atoms in total. The Morgan fingerprint density at radius 1 is 0.524 bits per heavy atom. The minimum Gasteiger partial charge on any atom is -0.444 e.